The molecular weight excluding hydrogens is 350 g/mol. The molecule has 5 heteroatoms. The van der Waals surface area contributed by atoms with Gasteiger partial charge in [0.15, 0.2) is 0 Å². The minimum atomic E-state index is 0.116. The number of hydrogen-bond acceptors (Lipinski definition) is 3. The van der Waals surface area contributed by atoms with Crippen LogP contribution in [0.25, 0.3) is 10.8 Å². The van der Waals surface area contributed by atoms with E-state index in [2.05, 4.69) is 23.1 Å². The average Bonchev–Trinajstić information content (AvgIpc) is 3.16. The first kappa shape index (κ1) is 18.9. The van der Waals surface area contributed by atoms with E-state index >= 15 is 0 Å². The molecule has 0 atom stereocenters. The molecule has 2 aliphatic rings. The first-order valence-corrected chi connectivity index (χ1v) is 10.5. The third-order valence-corrected chi connectivity index (χ3v) is 6.05. The summed E-state index contributed by atoms with van der Waals surface area (Å²) in [6.07, 6.45) is 3.36. The Hall–Kier alpha value is -2.40. The highest BCUT2D eigenvalue weighted by atomic mass is 16.2. The van der Waals surface area contributed by atoms with Crippen LogP contribution in [0.4, 0.5) is 0 Å². The minimum Gasteiger partial charge on any atom is -0.340 e. The van der Waals surface area contributed by atoms with Gasteiger partial charge in [0, 0.05) is 39.1 Å². The number of nitrogens with zero attached hydrogens (tertiary/aromatic N) is 3. The fourth-order valence-corrected chi connectivity index (χ4v) is 4.34. The van der Waals surface area contributed by atoms with Crippen LogP contribution in [0.15, 0.2) is 42.5 Å². The van der Waals surface area contributed by atoms with E-state index in [0.717, 1.165) is 42.5 Å². The molecule has 2 aromatic carbocycles. The predicted molar refractivity (Wildman–Crippen MR) is 111 cm³/mol. The number of carbonyl (C=O) groups excluding carboxylic acids is 2. The molecule has 0 spiro atoms. The fraction of sp³-hybridized carbons (Fsp3) is 0.478. The van der Waals surface area contributed by atoms with Crippen molar-refractivity contribution in [2.24, 2.45) is 0 Å². The van der Waals surface area contributed by atoms with Gasteiger partial charge in [-0.1, -0.05) is 42.5 Å². The van der Waals surface area contributed by atoms with E-state index in [1.807, 2.05) is 34.1 Å². The van der Waals surface area contributed by atoms with Crippen molar-refractivity contribution in [2.45, 2.75) is 25.7 Å². The van der Waals surface area contributed by atoms with E-state index in [1.54, 1.807) is 0 Å². The molecule has 2 aliphatic heterocycles. The Bertz CT molecular complexity index is 839. The Labute approximate surface area is 166 Å². The van der Waals surface area contributed by atoms with Gasteiger partial charge in [-0.15, -0.1) is 0 Å². The molecule has 2 aromatic rings. The summed E-state index contributed by atoms with van der Waals surface area (Å²) in [7, 11) is 0. The minimum absolute atomic E-state index is 0.116. The van der Waals surface area contributed by atoms with Gasteiger partial charge in [-0.25, -0.2) is 0 Å². The van der Waals surface area contributed by atoms with Crippen LogP contribution in [-0.2, 0) is 16.0 Å². The van der Waals surface area contributed by atoms with E-state index in [4.69, 9.17) is 0 Å². The fourth-order valence-electron chi connectivity index (χ4n) is 4.34. The average molecular weight is 380 g/mol. The van der Waals surface area contributed by atoms with Crippen molar-refractivity contribution in [1.82, 2.24) is 14.7 Å². The lowest BCUT2D eigenvalue weighted by atomic mass is 10.0. The molecule has 2 fully saturated rings. The van der Waals surface area contributed by atoms with Crippen LogP contribution in [-0.4, -0.2) is 72.3 Å². The second-order valence-electron chi connectivity index (χ2n) is 7.88. The monoisotopic (exact) mass is 379 g/mol. The molecule has 0 bridgehead atoms. The summed E-state index contributed by atoms with van der Waals surface area (Å²) in [5.41, 5.74) is 1.06. The molecule has 0 saturated carbocycles. The number of rotatable bonds is 5. The number of carbonyl (C=O) groups is 2. The highest BCUT2D eigenvalue weighted by Gasteiger charge is 2.24. The Balaban J connectivity index is 1.36. The summed E-state index contributed by atoms with van der Waals surface area (Å²) in [5, 5.41) is 2.29. The highest BCUT2D eigenvalue weighted by Crippen LogP contribution is 2.20. The summed E-state index contributed by atoms with van der Waals surface area (Å²) < 4.78 is 0. The van der Waals surface area contributed by atoms with Crippen LogP contribution in [0, 0.1) is 0 Å². The van der Waals surface area contributed by atoms with Gasteiger partial charge in [-0.3, -0.25) is 9.59 Å². The lowest BCUT2D eigenvalue weighted by molar-refractivity contribution is -0.130. The van der Waals surface area contributed by atoms with Gasteiger partial charge in [-0.2, -0.15) is 0 Å². The molecule has 2 amide bonds. The van der Waals surface area contributed by atoms with Gasteiger partial charge in [0.25, 0.3) is 0 Å². The molecule has 5 nitrogen and oxygen atoms in total. The van der Waals surface area contributed by atoms with Gasteiger partial charge in [0.2, 0.25) is 11.8 Å². The van der Waals surface area contributed by atoms with E-state index < -0.39 is 0 Å². The number of benzene rings is 2. The highest BCUT2D eigenvalue weighted by molar-refractivity contribution is 5.90. The van der Waals surface area contributed by atoms with Crippen LogP contribution in [0.5, 0.6) is 0 Å². The third kappa shape index (κ3) is 4.36. The maximum atomic E-state index is 12.9. The molecule has 28 heavy (non-hydrogen) atoms. The molecule has 0 aromatic heterocycles. The van der Waals surface area contributed by atoms with Crippen LogP contribution in [0.3, 0.4) is 0 Å². The molecule has 4 rings (SSSR count). The van der Waals surface area contributed by atoms with Crippen LogP contribution < -0.4 is 0 Å². The molecular formula is C23H29N3O2. The van der Waals surface area contributed by atoms with Crippen LogP contribution in [0.1, 0.15) is 24.8 Å². The zero-order chi connectivity index (χ0) is 19.3. The largest absolute Gasteiger partial charge is 0.340 e. The van der Waals surface area contributed by atoms with Gasteiger partial charge in [0.05, 0.1) is 6.42 Å². The van der Waals surface area contributed by atoms with Crippen molar-refractivity contribution < 1.29 is 9.59 Å². The van der Waals surface area contributed by atoms with Crippen molar-refractivity contribution in [3.05, 3.63) is 48.0 Å². The SMILES string of the molecule is O=C1CCN(C(=O)Cc2cccc3ccccc23)CCN1CCN1CCCC1. The lowest BCUT2D eigenvalue weighted by Gasteiger charge is -2.24. The summed E-state index contributed by atoms with van der Waals surface area (Å²) in [6, 6.07) is 14.3. The first-order valence-electron chi connectivity index (χ1n) is 10.5. The molecule has 2 saturated heterocycles. The maximum absolute atomic E-state index is 12.9. The summed E-state index contributed by atoms with van der Waals surface area (Å²) >= 11 is 0. The van der Waals surface area contributed by atoms with Crippen molar-refractivity contribution in [3.63, 3.8) is 0 Å². The molecule has 0 aliphatic carbocycles. The summed E-state index contributed by atoms with van der Waals surface area (Å²) in [6.45, 7) is 5.85. The predicted octanol–water partition coefficient (Wildman–Crippen LogP) is 2.54. The number of amides is 2. The summed E-state index contributed by atoms with van der Waals surface area (Å²) in [5.74, 6) is 0.296. The second-order valence-corrected chi connectivity index (χ2v) is 7.88. The Morgan fingerprint density at radius 2 is 1.64 bits per heavy atom. The van der Waals surface area contributed by atoms with E-state index in [0.29, 0.717) is 32.5 Å². The zero-order valence-corrected chi connectivity index (χ0v) is 16.5. The Kier molecular flexibility index (Phi) is 5.91. The molecule has 148 valence electrons. The van der Waals surface area contributed by atoms with Gasteiger partial charge < -0.3 is 14.7 Å². The summed E-state index contributed by atoms with van der Waals surface area (Å²) in [4.78, 5) is 31.7. The molecule has 0 N–H and O–H groups in total. The van der Waals surface area contributed by atoms with E-state index in [9.17, 15) is 9.59 Å². The number of hydrogen-bond donors (Lipinski definition) is 0. The van der Waals surface area contributed by atoms with Crippen molar-refractivity contribution >= 4 is 22.6 Å². The van der Waals surface area contributed by atoms with Gasteiger partial charge in [-0.05, 0) is 42.3 Å². The van der Waals surface area contributed by atoms with Crippen LogP contribution >= 0.6 is 0 Å². The maximum Gasteiger partial charge on any atom is 0.227 e. The topological polar surface area (TPSA) is 43.9 Å². The quantitative estimate of drug-likeness (QED) is 0.802. The third-order valence-electron chi connectivity index (χ3n) is 6.05. The molecule has 0 radical (unpaired) electrons. The van der Waals surface area contributed by atoms with Gasteiger partial charge >= 0.3 is 0 Å². The van der Waals surface area contributed by atoms with Crippen molar-refractivity contribution in [3.8, 4) is 0 Å². The normalized spacial score (nSPS) is 18.6. The smallest absolute Gasteiger partial charge is 0.227 e. The second kappa shape index (κ2) is 8.74. The Morgan fingerprint density at radius 3 is 2.50 bits per heavy atom. The molecule has 2 heterocycles. The number of fused-ring (bicyclic) bond motifs is 1. The van der Waals surface area contributed by atoms with E-state index in [-0.39, 0.29) is 11.8 Å². The molecule has 0 unspecified atom stereocenters. The number of likely N-dealkylation sites (tertiary alicyclic amines) is 1. The zero-order valence-electron chi connectivity index (χ0n) is 16.5. The van der Waals surface area contributed by atoms with E-state index in [1.165, 1.54) is 12.8 Å². The Morgan fingerprint density at radius 1 is 0.857 bits per heavy atom. The van der Waals surface area contributed by atoms with Crippen molar-refractivity contribution in [2.75, 3.05) is 45.8 Å². The first-order chi connectivity index (χ1) is 13.7. The lowest BCUT2D eigenvalue weighted by Crippen LogP contribution is -2.40. The van der Waals surface area contributed by atoms with Crippen LogP contribution in [0.2, 0.25) is 0 Å². The van der Waals surface area contributed by atoms with Gasteiger partial charge in [0.1, 0.15) is 0 Å². The van der Waals surface area contributed by atoms with Crippen molar-refractivity contribution in [1.29, 1.82) is 0 Å². The standard InChI is InChI=1S/C23H29N3O2/c27-22-10-13-25(16-17-26(22)15-14-24-11-3-4-12-24)23(28)18-20-8-5-7-19-6-1-2-9-21(19)20/h1-2,5-9H,3-4,10-18H2.